The molecule has 2 aromatic rings. The third kappa shape index (κ3) is 9.22. The van der Waals surface area contributed by atoms with Gasteiger partial charge in [-0.05, 0) is 42.2 Å². The minimum atomic E-state index is 0.846. The maximum Gasteiger partial charge on any atom is -0.0257 e. The Bertz CT molecular complexity index is 680. The van der Waals surface area contributed by atoms with Crippen LogP contribution in [0.2, 0.25) is 0 Å². The molecule has 1 aliphatic rings. The van der Waals surface area contributed by atoms with Crippen molar-refractivity contribution in [3.8, 4) is 0 Å². The maximum atomic E-state index is 3.63. The molecule has 0 heterocycles. The van der Waals surface area contributed by atoms with Crippen molar-refractivity contribution in [3.05, 3.63) is 83.9 Å². The molecule has 1 fully saturated rings. The molecule has 2 unspecified atom stereocenters. The molecule has 0 nitrogen and oxygen atoms in total. The second-order valence-corrected chi connectivity index (χ2v) is 8.42. The van der Waals surface area contributed by atoms with Gasteiger partial charge >= 0.3 is 0 Å². The first-order valence-corrected chi connectivity index (χ1v) is 11.1. The van der Waals surface area contributed by atoms with E-state index in [9.17, 15) is 0 Å². The highest BCUT2D eigenvalue weighted by Crippen LogP contribution is 2.28. The van der Waals surface area contributed by atoms with Crippen LogP contribution < -0.4 is 0 Å². The maximum absolute atomic E-state index is 3.63. The molecule has 0 spiro atoms. The molecule has 2 aromatic carbocycles. The first-order valence-electron chi connectivity index (χ1n) is 11.1. The third-order valence-electron chi connectivity index (χ3n) is 5.67. The molecule has 1 aliphatic carbocycles. The van der Waals surface area contributed by atoms with Crippen molar-refractivity contribution < 1.29 is 0 Å². The van der Waals surface area contributed by atoms with Crippen LogP contribution in [-0.2, 0) is 0 Å². The molecule has 2 atom stereocenters. The molecular formula is C28H38. The lowest BCUT2D eigenvalue weighted by Gasteiger charge is -2.15. The molecule has 0 amide bonds. The standard InChI is InChI=1S/C20H30.C8H8/c1-17-9-5-3-6-10-18(2)15-20(14-13-17)16-19-11-7-4-8-12-19;1-2-8-6-4-3-5-7-8/h4,7-8,11-12,16-18H,3,5-6,9-10,13-15H2,1-2H3;2-7H,1H2. The summed E-state index contributed by atoms with van der Waals surface area (Å²) in [5, 5.41) is 0. The van der Waals surface area contributed by atoms with E-state index in [4.69, 9.17) is 0 Å². The monoisotopic (exact) mass is 374 g/mol. The van der Waals surface area contributed by atoms with Gasteiger partial charge < -0.3 is 0 Å². The fourth-order valence-electron chi connectivity index (χ4n) is 3.90. The van der Waals surface area contributed by atoms with Crippen molar-refractivity contribution in [1.29, 1.82) is 0 Å². The van der Waals surface area contributed by atoms with Crippen molar-refractivity contribution in [1.82, 2.24) is 0 Å². The van der Waals surface area contributed by atoms with Gasteiger partial charge in [-0.25, -0.2) is 0 Å². The van der Waals surface area contributed by atoms with Gasteiger partial charge in [0.15, 0.2) is 0 Å². The van der Waals surface area contributed by atoms with E-state index in [0.29, 0.717) is 0 Å². The summed E-state index contributed by atoms with van der Waals surface area (Å²) >= 11 is 0. The lowest BCUT2D eigenvalue weighted by Crippen LogP contribution is -1.99. The van der Waals surface area contributed by atoms with Crippen LogP contribution in [0.25, 0.3) is 12.2 Å². The summed E-state index contributed by atoms with van der Waals surface area (Å²) in [6.07, 6.45) is 15.4. The van der Waals surface area contributed by atoms with E-state index in [2.05, 4.69) is 56.8 Å². The summed E-state index contributed by atoms with van der Waals surface area (Å²) in [7, 11) is 0. The Labute approximate surface area is 173 Å². The first kappa shape index (κ1) is 22.2. The number of hydrogen-bond acceptors (Lipinski definition) is 0. The van der Waals surface area contributed by atoms with Crippen molar-refractivity contribution >= 4 is 12.2 Å². The highest BCUT2D eigenvalue weighted by molar-refractivity contribution is 5.52. The Balaban J connectivity index is 0.000000292. The zero-order valence-electron chi connectivity index (χ0n) is 17.9. The van der Waals surface area contributed by atoms with E-state index in [1.54, 1.807) is 5.57 Å². The summed E-state index contributed by atoms with van der Waals surface area (Å²) < 4.78 is 0. The molecule has 0 aromatic heterocycles. The smallest absolute Gasteiger partial charge is 0.0257 e. The average molecular weight is 375 g/mol. The highest BCUT2D eigenvalue weighted by Gasteiger charge is 2.11. The van der Waals surface area contributed by atoms with E-state index < -0.39 is 0 Å². The summed E-state index contributed by atoms with van der Waals surface area (Å²) in [6, 6.07) is 20.9. The Morgan fingerprint density at radius 3 is 1.86 bits per heavy atom. The molecule has 0 bridgehead atoms. The molecule has 28 heavy (non-hydrogen) atoms. The van der Waals surface area contributed by atoms with Crippen molar-refractivity contribution in [3.63, 3.8) is 0 Å². The normalized spacial score (nSPS) is 22.4. The SMILES string of the molecule is C=Cc1ccccc1.CC1CCCCCC(C)CC(=Cc2ccccc2)CC1. The van der Waals surface area contributed by atoms with Gasteiger partial charge in [-0.1, -0.05) is 131 Å². The van der Waals surface area contributed by atoms with Crippen LogP contribution in [0.15, 0.2) is 72.8 Å². The minimum Gasteiger partial charge on any atom is -0.0985 e. The Kier molecular flexibility index (Phi) is 10.4. The van der Waals surface area contributed by atoms with Gasteiger partial charge in [0.25, 0.3) is 0 Å². The Morgan fingerprint density at radius 2 is 1.29 bits per heavy atom. The van der Waals surface area contributed by atoms with E-state index in [0.717, 1.165) is 11.8 Å². The van der Waals surface area contributed by atoms with Crippen LogP contribution in [-0.4, -0.2) is 0 Å². The predicted molar refractivity (Wildman–Crippen MR) is 126 cm³/mol. The van der Waals surface area contributed by atoms with Gasteiger partial charge in [0, 0.05) is 0 Å². The molecule has 1 saturated carbocycles. The lowest BCUT2D eigenvalue weighted by molar-refractivity contribution is 0.458. The predicted octanol–water partition coefficient (Wildman–Crippen LogP) is 8.81. The average Bonchev–Trinajstić information content (AvgIpc) is 2.76. The molecule has 0 heteroatoms. The topological polar surface area (TPSA) is 0 Å². The molecule has 3 rings (SSSR count). The van der Waals surface area contributed by atoms with Crippen molar-refractivity contribution in [2.75, 3.05) is 0 Å². The van der Waals surface area contributed by atoms with Gasteiger partial charge in [0.1, 0.15) is 0 Å². The largest absolute Gasteiger partial charge is 0.0985 e. The summed E-state index contributed by atoms with van der Waals surface area (Å²) in [4.78, 5) is 0. The second kappa shape index (κ2) is 13.2. The first-order chi connectivity index (χ1) is 13.7. The third-order valence-corrected chi connectivity index (χ3v) is 5.67. The van der Waals surface area contributed by atoms with Crippen LogP contribution in [0, 0.1) is 11.8 Å². The zero-order valence-corrected chi connectivity index (χ0v) is 17.9. The van der Waals surface area contributed by atoms with Crippen LogP contribution in [0.4, 0.5) is 0 Å². The van der Waals surface area contributed by atoms with Crippen LogP contribution in [0.3, 0.4) is 0 Å². The molecular weight excluding hydrogens is 336 g/mol. The minimum absolute atomic E-state index is 0.846. The van der Waals surface area contributed by atoms with E-state index in [1.165, 1.54) is 62.5 Å². The van der Waals surface area contributed by atoms with Gasteiger partial charge in [-0.15, -0.1) is 0 Å². The second-order valence-electron chi connectivity index (χ2n) is 8.42. The van der Waals surface area contributed by atoms with E-state index >= 15 is 0 Å². The quantitative estimate of drug-likeness (QED) is 0.492. The Hall–Kier alpha value is -2.08. The van der Waals surface area contributed by atoms with Crippen LogP contribution in [0.5, 0.6) is 0 Å². The summed E-state index contributed by atoms with van der Waals surface area (Å²) in [5.74, 6) is 1.74. The van der Waals surface area contributed by atoms with E-state index in [1.807, 2.05) is 36.4 Å². The van der Waals surface area contributed by atoms with Gasteiger partial charge in [-0.3, -0.25) is 0 Å². The number of allylic oxidation sites excluding steroid dienone is 1. The Morgan fingerprint density at radius 1 is 0.714 bits per heavy atom. The van der Waals surface area contributed by atoms with E-state index in [-0.39, 0.29) is 0 Å². The fraction of sp³-hybridized carbons (Fsp3) is 0.429. The van der Waals surface area contributed by atoms with Crippen molar-refractivity contribution in [2.45, 2.75) is 65.2 Å². The molecule has 0 N–H and O–H groups in total. The lowest BCUT2D eigenvalue weighted by atomic mass is 9.91. The van der Waals surface area contributed by atoms with Crippen LogP contribution in [0.1, 0.15) is 76.3 Å². The fourth-order valence-corrected chi connectivity index (χ4v) is 3.90. The molecule has 0 aliphatic heterocycles. The van der Waals surface area contributed by atoms with Gasteiger partial charge in [0.2, 0.25) is 0 Å². The number of hydrogen-bond donors (Lipinski definition) is 0. The summed E-state index contributed by atoms with van der Waals surface area (Å²) in [5.41, 5.74) is 4.21. The van der Waals surface area contributed by atoms with Gasteiger partial charge in [-0.2, -0.15) is 0 Å². The number of benzene rings is 2. The molecule has 0 saturated heterocycles. The molecule has 150 valence electrons. The number of rotatable bonds is 2. The zero-order chi connectivity index (χ0) is 20.0. The van der Waals surface area contributed by atoms with Crippen LogP contribution >= 0.6 is 0 Å². The van der Waals surface area contributed by atoms with Gasteiger partial charge in [0.05, 0.1) is 0 Å². The molecule has 0 radical (unpaired) electrons. The highest BCUT2D eigenvalue weighted by atomic mass is 14.2. The van der Waals surface area contributed by atoms with Crippen molar-refractivity contribution in [2.24, 2.45) is 11.8 Å². The summed E-state index contributed by atoms with van der Waals surface area (Å²) in [6.45, 7) is 8.49.